The van der Waals surface area contributed by atoms with Crippen molar-refractivity contribution < 1.29 is 14.3 Å². The van der Waals surface area contributed by atoms with Crippen LogP contribution in [0.15, 0.2) is 24.4 Å². The van der Waals surface area contributed by atoms with E-state index in [0.29, 0.717) is 13.1 Å². The number of ether oxygens (including phenoxy) is 1. The van der Waals surface area contributed by atoms with Crippen LogP contribution in [0.2, 0.25) is 0 Å². The number of nitrogens with zero attached hydrogens (tertiary/aromatic N) is 1. The molecular weight excluding hydrogens is 282 g/mol. The molecule has 1 unspecified atom stereocenters. The number of amides is 2. The second-order valence-electron chi connectivity index (χ2n) is 5.62. The van der Waals surface area contributed by atoms with E-state index in [-0.39, 0.29) is 18.2 Å². The zero-order valence-corrected chi connectivity index (χ0v) is 12.5. The van der Waals surface area contributed by atoms with Crippen LogP contribution in [0.1, 0.15) is 12.0 Å². The van der Waals surface area contributed by atoms with Gasteiger partial charge in [-0.25, -0.2) is 0 Å². The summed E-state index contributed by atoms with van der Waals surface area (Å²) in [6.07, 6.45) is 2.91. The van der Waals surface area contributed by atoms with E-state index in [1.165, 1.54) is 0 Å². The van der Waals surface area contributed by atoms with Crippen molar-refractivity contribution in [2.75, 3.05) is 20.2 Å². The van der Waals surface area contributed by atoms with E-state index in [2.05, 4.69) is 4.98 Å². The number of methoxy groups -OCH3 is 1. The quantitative estimate of drug-likeness (QED) is 0.865. The van der Waals surface area contributed by atoms with Crippen LogP contribution in [-0.4, -0.2) is 41.9 Å². The molecule has 1 aromatic carbocycles. The van der Waals surface area contributed by atoms with Gasteiger partial charge in [0.2, 0.25) is 11.8 Å². The molecule has 3 N–H and O–H groups in total. The Bertz CT molecular complexity index is 722. The standard InChI is InChI=1S/C16H19N3O3/c1-22-12-2-3-14-13(7-12)10(8-18-14)4-5-19-9-11(16(17)21)6-15(19)20/h2-3,7-8,11,18H,4-6,9H2,1H3,(H2,17,21). The lowest BCUT2D eigenvalue weighted by molar-refractivity contribution is -0.128. The smallest absolute Gasteiger partial charge is 0.223 e. The summed E-state index contributed by atoms with van der Waals surface area (Å²) in [6.45, 7) is 1.02. The number of rotatable bonds is 5. The number of hydrogen-bond acceptors (Lipinski definition) is 3. The Morgan fingerprint density at radius 3 is 3.00 bits per heavy atom. The van der Waals surface area contributed by atoms with Crippen LogP contribution in [-0.2, 0) is 16.0 Å². The molecule has 2 heterocycles. The third-order valence-electron chi connectivity index (χ3n) is 4.24. The largest absolute Gasteiger partial charge is 0.497 e. The molecule has 116 valence electrons. The molecular formula is C16H19N3O3. The third kappa shape index (κ3) is 2.64. The van der Waals surface area contributed by atoms with Crippen molar-refractivity contribution >= 4 is 22.7 Å². The predicted molar refractivity (Wildman–Crippen MR) is 82.4 cm³/mol. The van der Waals surface area contributed by atoms with Gasteiger partial charge in [-0.2, -0.15) is 0 Å². The summed E-state index contributed by atoms with van der Waals surface area (Å²) in [4.78, 5) is 28.0. The Kier molecular flexibility index (Phi) is 3.75. The number of nitrogens with two attached hydrogens (primary N) is 1. The highest BCUT2D eigenvalue weighted by atomic mass is 16.5. The zero-order chi connectivity index (χ0) is 15.7. The molecule has 22 heavy (non-hydrogen) atoms. The molecule has 0 bridgehead atoms. The van der Waals surface area contributed by atoms with E-state index in [9.17, 15) is 9.59 Å². The minimum atomic E-state index is -0.396. The van der Waals surface area contributed by atoms with Crippen molar-refractivity contribution in [2.24, 2.45) is 11.7 Å². The molecule has 1 saturated heterocycles. The van der Waals surface area contributed by atoms with Gasteiger partial charge in [0.1, 0.15) is 5.75 Å². The maximum Gasteiger partial charge on any atom is 0.223 e. The molecule has 6 nitrogen and oxygen atoms in total. The SMILES string of the molecule is COc1ccc2[nH]cc(CCN3CC(C(N)=O)CC3=O)c2c1. The first kappa shape index (κ1) is 14.4. The molecule has 1 atom stereocenters. The molecule has 2 aromatic rings. The minimum Gasteiger partial charge on any atom is -0.497 e. The first-order valence-electron chi connectivity index (χ1n) is 7.29. The molecule has 3 rings (SSSR count). The van der Waals surface area contributed by atoms with Crippen LogP contribution in [0.5, 0.6) is 5.75 Å². The van der Waals surface area contributed by atoms with Gasteiger partial charge in [0.25, 0.3) is 0 Å². The summed E-state index contributed by atoms with van der Waals surface area (Å²) in [7, 11) is 1.64. The second kappa shape index (κ2) is 5.71. The predicted octanol–water partition coefficient (Wildman–Crippen LogP) is 1.05. The average molecular weight is 301 g/mol. The minimum absolute atomic E-state index is 0.00113. The first-order chi connectivity index (χ1) is 10.6. The summed E-state index contributed by atoms with van der Waals surface area (Å²) in [5.74, 6) is 0.0591. The van der Waals surface area contributed by atoms with Gasteiger partial charge < -0.3 is 20.4 Å². The molecule has 1 aliphatic heterocycles. The van der Waals surface area contributed by atoms with Crippen molar-refractivity contribution in [1.82, 2.24) is 9.88 Å². The lowest BCUT2D eigenvalue weighted by atomic mass is 10.1. The van der Waals surface area contributed by atoms with Crippen molar-refractivity contribution in [3.05, 3.63) is 30.0 Å². The number of primary amides is 1. The van der Waals surface area contributed by atoms with Crippen LogP contribution >= 0.6 is 0 Å². The Balaban J connectivity index is 1.72. The molecule has 1 aromatic heterocycles. The normalized spacial score (nSPS) is 18.1. The molecule has 0 radical (unpaired) electrons. The van der Waals surface area contributed by atoms with Gasteiger partial charge in [-0.05, 0) is 30.2 Å². The fourth-order valence-electron chi connectivity index (χ4n) is 2.93. The summed E-state index contributed by atoms with van der Waals surface area (Å²) in [5, 5.41) is 1.09. The monoisotopic (exact) mass is 301 g/mol. The highest BCUT2D eigenvalue weighted by Crippen LogP contribution is 2.25. The molecule has 0 spiro atoms. The maximum atomic E-state index is 11.9. The van der Waals surface area contributed by atoms with Crippen LogP contribution in [0, 0.1) is 5.92 Å². The molecule has 0 aliphatic carbocycles. The van der Waals surface area contributed by atoms with E-state index in [0.717, 1.165) is 28.6 Å². The van der Waals surface area contributed by atoms with E-state index in [1.807, 2.05) is 24.4 Å². The van der Waals surface area contributed by atoms with Gasteiger partial charge >= 0.3 is 0 Å². The number of hydrogen-bond donors (Lipinski definition) is 2. The number of H-pyrrole nitrogens is 1. The number of nitrogens with one attached hydrogen (secondary N) is 1. The lowest BCUT2D eigenvalue weighted by Crippen LogP contribution is -2.30. The fraction of sp³-hybridized carbons (Fsp3) is 0.375. The average Bonchev–Trinajstić information content (AvgIpc) is 3.08. The second-order valence-corrected chi connectivity index (χ2v) is 5.62. The van der Waals surface area contributed by atoms with Crippen LogP contribution < -0.4 is 10.5 Å². The third-order valence-corrected chi connectivity index (χ3v) is 4.24. The highest BCUT2D eigenvalue weighted by molar-refractivity contribution is 5.88. The lowest BCUT2D eigenvalue weighted by Gasteiger charge is -2.15. The molecule has 6 heteroatoms. The molecule has 2 amide bonds. The topological polar surface area (TPSA) is 88.4 Å². The first-order valence-corrected chi connectivity index (χ1v) is 7.29. The number of benzene rings is 1. The number of likely N-dealkylation sites (tertiary alicyclic amines) is 1. The van der Waals surface area contributed by atoms with Gasteiger partial charge in [0.15, 0.2) is 0 Å². The van der Waals surface area contributed by atoms with Crippen molar-refractivity contribution in [2.45, 2.75) is 12.8 Å². The summed E-state index contributed by atoms with van der Waals surface area (Å²) in [5.41, 5.74) is 7.45. The summed E-state index contributed by atoms with van der Waals surface area (Å²) in [6, 6.07) is 5.87. The van der Waals surface area contributed by atoms with Crippen molar-refractivity contribution in [3.63, 3.8) is 0 Å². The van der Waals surface area contributed by atoms with Gasteiger partial charge in [-0.15, -0.1) is 0 Å². The number of aromatic nitrogens is 1. The Hall–Kier alpha value is -2.50. The Morgan fingerprint density at radius 1 is 1.50 bits per heavy atom. The van der Waals surface area contributed by atoms with Crippen LogP contribution in [0.4, 0.5) is 0 Å². The van der Waals surface area contributed by atoms with E-state index < -0.39 is 5.91 Å². The molecule has 1 fully saturated rings. The Labute approximate surface area is 128 Å². The Morgan fingerprint density at radius 2 is 2.32 bits per heavy atom. The number of aromatic amines is 1. The van der Waals surface area contributed by atoms with Gasteiger partial charge in [0.05, 0.1) is 13.0 Å². The van der Waals surface area contributed by atoms with E-state index in [1.54, 1.807) is 12.0 Å². The van der Waals surface area contributed by atoms with Crippen LogP contribution in [0.3, 0.4) is 0 Å². The van der Waals surface area contributed by atoms with Gasteiger partial charge in [-0.3, -0.25) is 9.59 Å². The molecule has 0 saturated carbocycles. The van der Waals surface area contributed by atoms with Gasteiger partial charge in [-0.1, -0.05) is 0 Å². The van der Waals surface area contributed by atoms with Crippen LogP contribution in [0.25, 0.3) is 10.9 Å². The van der Waals surface area contributed by atoms with E-state index >= 15 is 0 Å². The molecule has 1 aliphatic rings. The number of fused-ring (bicyclic) bond motifs is 1. The summed E-state index contributed by atoms with van der Waals surface area (Å²) >= 11 is 0. The number of carbonyl (C=O) groups is 2. The van der Waals surface area contributed by atoms with Crippen molar-refractivity contribution in [1.29, 1.82) is 0 Å². The van der Waals surface area contributed by atoms with Gasteiger partial charge in [0, 0.05) is 36.6 Å². The maximum absolute atomic E-state index is 11.9. The highest BCUT2D eigenvalue weighted by Gasteiger charge is 2.32. The number of carbonyl (C=O) groups excluding carboxylic acids is 2. The van der Waals surface area contributed by atoms with Crippen molar-refractivity contribution in [3.8, 4) is 5.75 Å². The fourth-order valence-corrected chi connectivity index (χ4v) is 2.93. The summed E-state index contributed by atoms with van der Waals surface area (Å²) < 4.78 is 5.25. The van der Waals surface area contributed by atoms with E-state index in [4.69, 9.17) is 10.5 Å². The zero-order valence-electron chi connectivity index (χ0n) is 12.5.